The molecule has 4 nitrogen and oxygen atoms in total. The van der Waals surface area contributed by atoms with E-state index in [0.717, 1.165) is 36.2 Å². The Bertz CT molecular complexity index is 481. The fourth-order valence-corrected chi connectivity index (χ4v) is 2.76. The van der Waals surface area contributed by atoms with Gasteiger partial charge in [-0.25, -0.2) is 4.99 Å². The van der Waals surface area contributed by atoms with E-state index in [9.17, 15) is 0 Å². The van der Waals surface area contributed by atoms with Crippen molar-refractivity contribution in [3.05, 3.63) is 34.9 Å². The molecule has 0 radical (unpaired) electrons. The topological polar surface area (TPSA) is 39.7 Å². The Morgan fingerprint density at radius 3 is 2.77 bits per heavy atom. The maximum Gasteiger partial charge on any atom is 0.191 e. The van der Waals surface area contributed by atoms with Crippen molar-refractivity contribution in [2.24, 2.45) is 10.9 Å². The summed E-state index contributed by atoms with van der Waals surface area (Å²) < 4.78 is 0. The fourth-order valence-electron chi connectivity index (χ4n) is 2.57. The number of nitrogens with one attached hydrogen (secondary N) is 2. The van der Waals surface area contributed by atoms with Crippen molar-refractivity contribution in [3.8, 4) is 0 Å². The first kappa shape index (κ1) is 19.5. The third kappa shape index (κ3) is 6.30. The fraction of sp³-hybridized carbons (Fsp3) is 0.562. The molecule has 0 aliphatic carbocycles. The van der Waals surface area contributed by atoms with Crippen LogP contribution in [0.15, 0.2) is 29.3 Å². The number of rotatable bonds is 5. The van der Waals surface area contributed by atoms with E-state index >= 15 is 0 Å². The summed E-state index contributed by atoms with van der Waals surface area (Å²) in [5.74, 6) is 1.58. The minimum atomic E-state index is 0. The SMILES string of the molecule is CCNC(=NCc1ccccc1Cl)NCC1CCN(C)C1.I. The molecule has 1 aliphatic heterocycles. The average Bonchev–Trinajstić information content (AvgIpc) is 2.89. The molecule has 1 fully saturated rings. The molecule has 2 N–H and O–H groups in total. The van der Waals surface area contributed by atoms with Crippen LogP contribution in [0.2, 0.25) is 5.02 Å². The van der Waals surface area contributed by atoms with E-state index in [1.165, 1.54) is 13.0 Å². The lowest BCUT2D eigenvalue weighted by Crippen LogP contribution is -2.40. The van der Waals surface area contributed by atoms with Crippen LogP contribution >= 0.6 is 35.6 Å². The zero-order chi connectivity index (χ0) is 15.1. The summed E-state index contributed by atoms with van der Waals surface area (Å²) in [6, 6.07) is 7.85. The molecule has 0 spiro atoms. The Balaban J connectivity index is 0.00000242. The summed E-state index contributed by atoms with van der Waals surface area (Å²) >= 11 is 6.17. The van der Waals surface area contributed by atoms with Gasteiger partial charge in [0.05, 0.1) is 6.54 Å². The minimum absolute atomic E-state index is 0. The molecule has 1 atom stereocenters. The molecular formula is C16H26ClIN4. The van der Waals surface area contributed by atoms with Crippen molar-refractivity contribution in [1.82, 2.24) is 15.5 Å². The summed E-state index contributed by atoms with van der Waals surface area (Å²) in [5, 5.41) is 7.50. The van der Waals surface area contributed by atoms with Gasteiger partial charge in [-0.1, -0.05) is 29.8 Å². The molecule has 0 aromatic heterocycles. The molecule has 2 rings (SSSR count). The largest absolute Gasteiger partial charge is 0.357 e. The molecule has 0 amide bonds. The van der Waals surface area contributed by atoms with E-state index in [4.69, 9.17) is 11.6 Å². The van der Waals surface area contributed by atoms with Gasteiger partial charge in [-0.05, 0) is 44.5 Å². The summed E-state index contributed by atoms with van der Waals surface area (Å²) in [7, 11) is 2.18. The Morgan fingerprint density at radius 1 is 1.36 bits per heavy atom. The molecule has 6 heteroatoms. The Morgan fingerprint density at radius 2 is 2.14 bits per heavy atom. The highest BCUT2D eigenvalue weighted by atomic mass is 127. The van der Waals surface area contributed by atoms with Gasteiger partial charge in [0, 0.05) is 24.7 Å². The summed E-state index contributed by atoms with van der Waals surface area (Å²) in [4.78, 5) is 7.00. The van der Waals surface area contributed by atoms with Crippen LogP contribution in [0.25, 0.3) is 0 Å². The van der Waals surface area contributed by atoms with Gasteiger partial charge in [-0.2, -0.15) is 0 Å². The highest BCUT2D eigenvalue weighted by Crippen LogP contribution is 2.16. The number of hydrogen-bond donors (Lipinski definition) is 2. The van der Waals surface area contributed by atoms with Gasteiger partial charge in [-0.15, -0.1) is 24.0 Å². The molecule has 22 heavy (non-hydrogen) atoms. The van der Waals surface area contributed by atoms with Gasteiger partial charge in [-0.3, -0.25) is 0 Å². The van der Waals surface area contributed by atoms with Crippen molar-refractivity contribution in [2.45, 2.75) is 19.9 Å². The smallest absolute Gasteiger partial charge is 0.191 e. The summed E-state index contributed by atoms with van der Waals surface area (Å²) in [5.41, 5.74) is 1.05. The number of likely N-dealkylation sites (tertiary alicyclic amines) is 1. The molecule has 1 aromatic rings. The van der Waals surface area contributed by atoms with Crippen molar-refractivity contribution in [1.29, 1.82) is 0 Å². The Hall–Kier alpha value is -0.530. The molecule has 124 valence electrons. The second-order valence-electron chi connectivity index (χ2n) is 5.58. The lowest BCUT2D eigenvalue weighted by Gasteiger charge is -2.15. The first-order valence-corrected chi connectivity index (χ1v) is 8.01. The number of benzene rings is 1. The van der Waals surface area contributed by atoms with E-state index in [2.05, 4.69) is 34.5 Å². The number of halogens is 2. The van der Waals surface area contributed by atoms with Crippen LogP contribution in [0, 0.1) is 5.92 Å². The Kier molecular flexibility index (Phi) is 9.12. The van der Waals surface area contributed by atoms with Crippen LogP contribution in [0.4, 0.5) is 0 Å². The second kappa shape index (κ2) is 10.3. The lowest BCUT2D eigenvalue weighted by molar-refractivity contribution is 0.394. The Labute approximate surface area is 155 Å². The molecule has 1 heterocycles. The van der Waals surface area contributed by atoms with E-state index in [1.54, 1.807) is 0 Å². The quantitative estimate of drug-likeness (QED) is 0.423. The van der Waals surface area contributed by atoms with Crippen LogP contribution < -0.4 is 10.6 Å². The first-order chi connectivity index (χ1) is 10.2. The third-order valence-corrected chi connectivity index (χ3v) is 4.13. The monoisotopic (exact) mass is 436 g/mol. The van der Waals surface area contributed by atoms with Crippen LogP contribution in [0.3, 0.4) is 0 Å². The third-order valence-electron chi connectivity index (χ3n) is 3.76. The van der Waals surface area contributed by atoms with Crippen molar-refractivity contribution < 1.29 is 0 Å². The van der Waals surface area contributed by atoms with Crippen LogP contribution in [0.5, 0.6) is 0 Å². The van der Waals surface area contributed by atoms with Crippen molar-refractivity contribution >= 4 is 41.5 Å². The van der Waals surface area contributed by atoms with E-state index in [-0.39, 0.29) is 24.0 Å². The molecule has 1 saturated heterocycles. The van der Waals surface area contributed by atoms with E-state index in [1.807, 2.05) is 24.3 Å². The molecular weight excluding hydrogens is 411 g/mol. The van der Waals surface area contributed by atoms with Crippen molar-refractivity contribution in [2.75, 3.05) is 33.2 Å². The number of aliphatic imine (C=N–C) groups is 1. The predicted molar refractivity (Wildman–Crippen MR) is 105 cm³/mol. The highest BCUT2D eigenvalue weighted by molar-refractivity contribution is 14.0. The predicted octanol–water partition coefficient (Wildman–Crippen LogP) is 2.96. The van der Waals surface area contributed by atoms with Gasteiger partial charge < -0.3 is 15.5 Å². The van der Waals surface area contributed by atoms with Gasteiger partial charge >= 0.3 is 0 Å². The average molecular weight is 437 g/mol. The van der Waals surface area contributed by atoms with Crippen molar-refractivity contribution in [3.63, 3.8) is 0 Å². The van der Waals surface area contributed by atoms with Crippen LogP contribution in [-0.2, 0) is 6.54 Å². The van der Waals surface area contributed by atoms with Gasteiger partial charge in [0.25, 0.3) is 0 Å². The van der Waals surface area contributed by atoms with Gasteiger partial charge in [0.15, 0.2) is 5.96 Å². The zero-order valence-electron chi connectivity index (χ0n) is 13.3. The normalized spacial score (nSPS) is 18.9. The van der Waals surface area contributed by atoms with E-state index in [0.29, 0.717) is 12.5 Å². The standard InChI is InChI=1S/C16H25ClN4.HI/c1-3-18-16(19-10-13-8-9-21(2)12-13)20-11-14-6-4-5-7-15(14)17;/h4-7,13H,3,8-12H2,1-2H3,(H2,18,19,20);1H. The van der Waals surface area contributed by atoms with Gasteiger partial charge in [0.2, 0.25) is 0 Å². The zero-order valence-corrected chi connectivity index (χ0v) is 16.4. The molecule has 1 aromatic carbocycles. The van der Waals surface area contributed by atoms with Gasteiger partial charge in [0.1, 0.15) is 0 Å². The highest BCUT2D eigenvalue weighted by Gasteiger charge is 2.19. The summed E-state index contributed by atoms with van der Waals surface area (Å²) in [6.07, 6.45) is 1.26. The molecule has 0 bridgehead atoms. The van der Waals surface area contributed by atoms with E-state index < -0.39 is 0 Å². The maximum absolute atomic E-state index is 6.17. The van der Waals surface area contributed by atoms with Crippen LogP contribution in [-0.4, -0.2) is 44.1 Å². The van der Waals surface area contributed by atoms with Crippen LogP contribution in [0.1, 0.15) is 18.9 Å². The number of nitrogens with zero attached hydrogens (tertiary/aromatic N) is 2. The number of hydrogen-bond acceptors (Lipinski definition) is 2. The summed E-state index contributed by atoms with van der Waals surface area (Å²) in [6.45, 7) is 6.86. The number of guanidine groups is 1. The minimum Gasteiger partial charge on any atom is -0.357 e. The lowest BCUT2D eigenvalue weighted by atomic mass is 10.1. The molecule has 1 aliphatic rings. The second-order valence-corrected chi connectivity index (χ2v) is 5.99. The molecule has 0 saturated carbocycles. The first-order valence-electron chi connectivity index (χ1n) is 7.63. The maximum atomic E-state index is 6.17. The molecule has 1 unspecified atom stereocenters.